The Balaban J connectivity index is 1.63. The number of hydrogen-bond donors (Lipinski definition) is 2. The molecule has 0 aromatic heterocycles. The maximum absolute atomic E-state index is 12.9. The molecule has 0 bridgehead atoms. The summed E-state index contributed by atoms with van der Waals surface area (Å²) < 4.78 is 37.6. The number of hydrogen-bond acceptors (Lipinski definition) is 5. The average molecular weight is 499 g/mol. The summed E-state index contributed by atoms with van der Waals surface area (Å²) >= 11 is 6.21. The largest absolute Gasteiger partial charge is 0.395 e. The second-order valence-corrected chi connectivity index (χ2v) is 8.90. The summed E-state index contributed by atoms with van der Waals surface area (Å²) in [5.41, 5.74) is 2.89. The molecule has 1 saturated heterocycles. The van der Waals surface area contributed by atoms with E-state index in [0.29, 0.717) is 55.5 Å². The number of likely N-dealkylation sites (N-methyl/N-ethyl adjacent to an activating group) is 1. The Bertz CT molecular complexity index is 948. The summed E-state index contributed by atoms with van der Waals surface area (Å²) in [5, 5.41) is 12.5. The quantitative estimate of drug-likeness (QED) is 0.545. The van der Waals surface area contributed by atoms with E-state index in [1.165, 1.54) is 0 Å². The maximum atomic E-state index is 12.9. The number of benzene rings is 2. The minimum Gasteiger partial charge on any atom is -0.395 e. The highest BCUT2D eigenvalue weighted by molar-refractivity contribution is 6.31. The fourth-order valence-corrected chi connectivity index (χ4v) is 4.05. The van der Waals surface area contributed by atoms with Crippen LogP contribution in [0, 0.1) is 0 Å². The second kappa shape index (κ2) is 11.9. The number of nitrogens with zero attached hydrogens (tertiary/aromatic N) is 3. The third-order valence-electron chi connectivity index (χ3n) is 5.78. The van der Waals surface area contributed by atoms with E-state index >= 15 is 0 Å². The Labute approximate surface area is 202 Å². The Morgan fingerprint density at radius 1 is 1.12 bits per heavy atom. The van der Waals surface area contributed by atoms with Crippen molar-refractivity contribution < 1.29 is 23.1 Å². The lowest BCUT2D eigenvalue weighted by atomic mass is 10.1. The molecule has 3 rings (SSSR count). The second-order valence-electron chi connectivity index (χ2n) is 8.47. The van der Waals surface area contributed by atoms with E-state index in [1.54, 1.807) is 35.2 Å². The van der Waals surface area contributed by atoms with Crippen LogP contribution in [0.2, 0.25) is 5.02 Å². The van der Waals surface area contributed by atoms with Crippen molar-refractivity contribution >= 4 is 28.9 Å². The van der Waals surface area contributed by atoms with E-state index < -0.39 is 12.6 Å². The normalized spacial score (nSPS) is 15.1. The third kappa shape index (κ3) is 7.87. The van der Waals surface area contributed by atoms with Gasteiger partial charge in [0.2, 0.25) is 0 Å². The van der Waals surface area contributed by atoms with E-state index in [0.717, 1.165) is 11.3 Å². The molecule has 0 atom stereocenters. The summed E-state index contributed by atoms with van der Waals surface area (Å²) in [6.07, 6.45) is -4.98. The summed E-state index contributed by atoms with van der Waals surface area (Å²) in [7, 11) is 1.91. The third-order valence-corrected chi connectivity index (χ3v) is 6.02. The zero-order chi connectivity index (χ0) is 24.7. The number of amides is 1. The molecule has 2 aromatic rings. The standard InChI is InChI=1S/C24H30ClF3N4O2/c1-30(14-15-33)17-18-2-4-19(5-3-18)23(34)29-21-7-6-20(25)16-22(21)32-12-10-31(11-13-32)9-8-24(26,27)28/h2-7,16,33H,8-15,17H2,1H3,(H,29,34). The monoisotopic (exact) mass is 498 g/mol. The summed E-state index contributed by atoms with van der Waals surface area (Å²) in [4.78, 5) is 18.7. The fourth-order valence-electron chi connectivity index (χ4n) is 3.89. The van der Waals surface area contributed by atoms with Crippen molar-refractivity contribution in [2.45, 2.75) is 19.1 Å². The van der Waals surface area contributed by atoms with Crippen molar-refractivity contribution in [1.29, 1.82) is 0 Å². The molecule has 0 aliphatic carbocycles. The number of carbonyl (C=O) groups is 1. The highest BCUT2D eigenvalue weighted by atomic mass is 35.5. The molecule has 1 aliphatic heterocycles. The van der Waals surface area contributed by atoms with Gasteiger partial charge in [0, 0.05) is 56.4 Å². The Kier molecular flexibility index (Phi) is 9.18. The molecule has 6 nitrogen and oxygen atoms in total. The first-order chi connectivity index (χ1) is 16.1. The molecular formula is C24H30ClF3N4O2. The molecule has 2 aromatic carbocycles. The van der Waals surface area contributed by atoms with Crippen LogP contribution in [-0.4, -0.2) is 79.9 Å². The average Bonchev–Trinajstić information content (AvgIpc) is 2.79. The minimum absolute atomic E-state index is 0.0116. The molecule has 10 heteroatoms. The van der Waals surface area contributed by atoms with E-state index in [-0.39, 0.29) is 19.1 Å². The minimum atomic E-state index is -4.16. The first-order valence-electron chi connectivity index (χ1n) is 11.2. The lowest BCUT2D eigenvalue weighted by molar-refractivity contribution is -0.138. The van der Waals surface area contributed by atoms with Gasteiger partial charge >= 0.3 is 6.18 Å². The highest BCUT2D eigenvalue weighted by Crippen LogP contribution is 2.31. The summed E-state index contributed by atoms with van der Waals surface area (Å²) in [6.45, 7) is 3.39. The number of piperazine rings is 1. The number of halogens is 4. The first kappa shape index (κ1) is 26.3. The molecule has 1 amide bonds. The number of aliphatic hydroxyl groups is 1. The summed E-state index contributed by atoms with van der Waals surface area (Å²) in [5.74, 6) is -0.261. The van der Waals surface area contributed by atoms with Crippen LogP contribution in [0.15, 0.2) is 42.5 Å². The van der Waals surface area contributed by atoms with Gasteiger partial charge in [-0.2, -0.15) is 13.2 Å². The van der Waals surface area contributed by atoms with Crippen molar-refractivity contribution in [2.24, 2.45) is 0 Å². The van der Waals surface area contributed by atoms with Crippen LogP contribution in [0.3, 0.4) is 0 Å². The van der Waals surface area contributed by atoms with Gasteiger partial charge in [0.05, 0.1) is 24.4 Å². The zero-order valence-electron chi connectivity index (χ0n) is 19.1. The van der Waals surface area contributed by atoms with Gasteiger partial charge in [-0.1, -0.05) is 23.7 Å². The Hall–Kier alpha value is -2.33. The fraction of sp³-hybridized carbons (Fsp3) is 0.458. The number of nitrogens with one attached hydrogen (secondary N) is 1. The van der Waals surface area contributed by atoms with Crippen LogP contribution < -0.4 is 10.2 Å². The van der Waals surface area contributed by atoms with Crippen LogP contribution in [0.4, 0.5) is 24.5 Å². The predicted molar refractivity (Wildman–Crippen MR) is 129 cm³/mol. The van der Waals surface area contributed by atoms with E-state index in [9.17, 15) is 18.0 Å². The molecule has 34 heavy (non-hydrogen) atoms. The van der Waals surface area contributed by atoms with Crippen LogP contribution in [0.25, 0.3) is 0 Å². The van der Waals surface area contributed by atoms with Gasteiger partial charge in [-0.25, -0.2) is 0 Å². The van der Waals surface area contributed by atoms with Gasteiger partial charge in [-0.05, 0) is 42.9 Å². The first-order valence-corrected chi connectivity index (χ1v) is 11.6. The topological polar surface area (TPSA) is 59.1 Å². The summed E-state index contributed by atoms with van der Waals surface area (Å²) in [6, 6.07) is 12.5. The molecule has 0 saturated carbocycles. The molecule has 0 radical (unpaired) electrons. The van der Waals surface area contributed by atoms with Crippen LogP contribution in [0.1, 0.15) is 22.3 Å². The molecular weight excluding hydrogens is 469 g/mol. The van der Waals surface area contributed by atoms with Gasteiger partial charge in [0.15, 0.2) is 0 Å². The zero-order valence-corrected chi connectivity index (χ0v) is 19.9. The smallest absolute Gasteiger partial charge is 0.390 e. The number of aliphatic hydroxyl groups excluding tert-OH is 1. The van der Waals surface area contributed by atoms with Crippen molar-refractivity contribution in [3.05, 3.63) is 58.6 Å². The molecule has 186 valence electrons. The van der Waals surface area contributed by atoms with Gasteiger partial charge in [-0.15, -0.1) is 0 Å². The van der Waals surface area contributed by atoms with Crippen molar-refractivity contribution in [3.63, 3.8) is 0 Å². The van der Waals surface area contributed by atoms with E-state index in [4.69, 9.17) is 16.7 Å². The molecule has 0 unspecified atom stereocenters. The highest BCUT2D eigenvalue weighted by Gasteiger charge is 2.29. The van der Waals surface area contributed by atoms with Crippen molar-refractivity contribution in [2.75, 3.05) is 63.1 Å². The van der Waals surface area contributed by atoms with E-state index in [1.807, 2.05) is 29.0 Å². The Morgan fingerprint density at radius 3 is 2.41 bits per heavy atom. The van der Waals surface area contributed by atoms with Crippen molar-refractivity contribution in [1.82, 2.24) is 9.80 Å². The maximum Gasteiger partial charge on any atom is 0.390 e. The van der Waals surface area contributed by atoms with Gasteiger partial charge in [0.1, 0.15) is 0 Å². The number of rotatable bonds is 9. The molecule has 2 N–H and O–H groups in total. The lowest BCUT2D eigenvalue weighted by Gasteiger charge is -2.37. The molecule has 1 aliphatic rings. The Morgan fingerprint density at radius 2 is 1.79 bits per heavy atom. The SMILES string of the molecule is CN(CCO)Cc1ccc(C(=O)Nc2ccc(Cl)cc2N2CCN(CCC(F)(F)F)CC2)cc1. The molecule has 1 fully saturated rings. The predicted octanol–water partition coefficient (Wildman–Crippen LogP) is 4.09. The van der Waals surface area contributed by atoms with E-state index in [2.05, 4.69) is 5.32 Å². The van der Waals surface area contributed by atoms with Gasteiger partial charge in [-0.3, -0.25) is 14.6 Å². The van der Waals surface area contributed by atoms with Crippen molar-refractivity contribution in [3.8, 4) is 0 Å². The lowest BCUT2D eigenvalue weighted by Crippen LogP contribution is -2.47. The van der Waals surface area contributed by atoms with Gasteiger partial charge in [0.25, 0.3) is 5.91 Å². The molecule has 1 heterocycles. The number of anilines is 2. The number of carbonyl (C=O) groups excluding carboxylic acids is 1. The van der Waals surface area contributed by atoms with Gasteiger partial charge < -0.3 is 15.3 Å². The number of alkyl halides is 3. The van der Waals surface area contributed by atoms with Crippen LogP contribution in [0.5, 0.6) is 0 Å². The van der Waals surface area contributed by atoms with Crippen LogP contribution >= 0.6 is 11.6 Å². The molecule has 0 spiro atoms. The van der Waals surface area contributed by atoms with Crippen LogP contribution in [-0.2, 0) is 6.54 Å².